The van der Waals surface area contributed by atoms with Crippen molar-refractivity contribution < 1.29 is 14.4 Å². The zero-order valence-corrected chi connectivity index (χ0v) is 19.1. The van der Waals surface area contributed by atoms with Crippen LogP contribution in [0.2, 0.25) is 0 Å². The van der Waals surface area contributed by atoms with E-state index in [9.17, 15) is 14.4 Å². The smallest absolute Gasteiger partial charge is 0.312 e. The molecule has 2 atom stereocenters. The fourth-order valence-corrected chi connectivity index (χ4v) is 3.07. The van der Waals surface area contributed by atoms with E-state index in [1.54, 1.807) is 0 Å². The summed E-state index contributed by atoms with van der Waals surface area (Å²) in [6.45, 7) is 16.3. The van der Waals surface area contributed by atoms with Crippen molar-refractivity contribution in [2.75, 3.05) is 6.54 Å². The van der Waals surface area contributed by atoms with E-state index >= 15 is 0 Å². The Kier molecular flexibility index (Phi) is 10.7. The van der Waals surface area contributed by atoms with E-state index < -0.39 is 23.5 Å². The lowest BCUT2D eigenvalue weighted by atomic mass is 9.76. The molecule has 0 rings (SSSR count). The number of Topliss-reactive ketones (excluding diaryl/α,β-unsaturated/α-hetero) is 1. The van der Waals surface area contributed by atoms with E-state index in [0.717, 1.165) is 0 Å². The standard InChI is InChI=1S/C21H42N4O3/c1-9-21(8,10-2)17(26)15(12-11-13-23-19(22)28)24-18(27)16(14(3)4)25-20(5,6)7/h14-16,25H,9-13H2,1-8H3,(H,24,27)(H3,22,23,28). The van der Waals surface area contributed by atoms with Gasteiger partial charge in [0.2, 0.25) is 5.91 Å². The van der Waals surface area contributed by atoms with Gasteiger partial charge in [0.15, 0.2) is 5.78 Å². The van der Waals surface area contributed by atoms with E-state index in [4.69, 9.17) is 5.73 Å². The second-order valence-electron chi connectivity index (χ2n) is 9.24. The Labute approximate surface area is 171 Å². The Morgan fingerprint density at radius 1 is 1.00 bits per heavy atom. The van der Waals surface area contributed by atoms with Crippen LogP contribution in [0.25, 0.3) is 0 Å². The molecule has 7 heteroatoms. The maximum absolute atomic E-state index is 13.2. The van der Waals surface area contributed by atoms with E-state index in [0.29, 0.717) is 32.2 Å². The highest BCUT2D eigenvalue weighted by molar-refractivity contribution is 5.94. The minimum absolute atomic E-state index is 0.0446. The van der Waals surface area contributed by atoms with Crippen molar-refractivity contribution in [2.24, 2.45) is 17.1 Å². The van der Waals surface area contributed by atoms with Gasteiger partial charge in [-0.15, -0.1) is 0 Å². The predicted molar refractivity (Wildman–Crippen MR) is 114 cm³/mol. The summed E-state index contributed by atoms with van der Waals surface area (Å²) < 4.78 is 0. The number of hydrogen-bond donors (Lipinski definition) is 4. The van der Waals surface area contributed by atoms with Gasteiger partial charge in [-0.05, 0) is 52.4 Å². The van der Waals surface area contributed by atoms with Crippen LogP contribution >= 0.6 is 0 Å². The van der Waals surface area contributed by atoms with Gasteiger partial charge in [0.05, 0.1) is 12.1 Å². The van der Waals surface area contributed by atoms with Crippen LogP contribution in [-0.2, 0) is 9.59 Å². The molecular weight excluding hydrogens is 356 g/mol. The van der Waals surface area contributed by atoms with Gasteiger partial charge in [0, 0.05) is 17.5 Å². The molecule has 0 radical (unpaired) electrons. The second kappa shape index (κ2) is 11.4. The number of nitrogens with two attached hydrogens (primary N) is 1. The van der Waals surface area contributed by atoms with Crippen LogP contribution in [0.4, 0.5) is 4.79 Å². The van der Waals surface area contributed by atoms with Gasteiger partial charge in [-0.2, -0.15) is 0 Å². The number of ketones is 1. The monoisotopic (exact) mass is 398 g/mol. The summed E-state index contributed by atoms with van der Waals surface area (Å²) >= 11 is 0. The second-order valence-corrected chi connectivity index (χ2v) is 9.24. The number of primary amides is 1. The average Bonchev–Trinajstić information content (AvgIpc) is 2.59. The molecule has 0 fully saturated rings. The number of hydrogen-bond acceptors (Lipinski definition) is 4. The Bertz CT molecular complexity index is 522. The zero-order chi connectivity index (χ0) is 22.1. The minimum atomic E-state index is -0.590. The highest BCUT2D eigenvalue weighted by Crippen LogP contribution is 2.29. The van der Waals surface area contributed by atoms with E-state index in [1.807, 2.05) is 55.4 Å². The fourth-order valence-electron chi connectivity index (χ4n) is 3.07. The average molecular weight is 399 g/mol. The highest BCUT2D eigenvalue weighted by atomic mass is 16.2. The zero-order valence-electron chi connectivity index (χ0n) is 19.1. The molecule has 164 valence electrons. The van der Waals surface area contributed by atoms with Crippen LogP contribution < -0.4 is 21.7 Å². The minimum Gasteiger partial charge on any atom is -0.352 e. The normalized spacial score (nSPS) is 14.5. The number of rotatable bonds is 12. The molecule has 7 nitrogen and oxygen atoms in total. The molecule has 2 unspecified atom stereocenters. The maximum Gasteiger partial charge on any atom is 0.312 e. The van der Waals surface area contributed by atoms with Crippen molar-refractivity contribution >= 4 is 17.7 Å². The third kappa shape index (κ3) is 9.04. The van der Waals surface area contributed by atoms with Crippen LogP contribution in [0.1, 0.15) is 81.1 Å². The summed E-state index contributed by atoms with van der Waals surface area (Å²) in [6, 6.07) is -1.57. The molecule has 3 amide bonds. The van der Waals surface area contributed by atoms with E-state index in [-0.39, 0.29) is 23.1 Å². The van der Waals surface area contributed by atoms with Crippen molar-refractivity contribution in [1.29, 1.82) is 0 Å². The quantitative estimate of drug-likeness (QED) is 0.379. The third-order valence-electron chi connectivity index (χ3n) is 5.29. The summed E-state index contributed by atoms with van der Waals surface area (Å²) in [5.41, 5.74) is 4.39. The Morgan fingerprint density at radius 3 is 1.93 bits per heavy atom. The molecule has 0 aliphatic carbocycles. The molecule has 0 aromatic heterocycles. The number of nitrogens with one attached hydrogen (secondary N) is 3. The molecule has 0 saturated carbocycles. The Balaban J connectivity index is 5.39. The number of amides is 3. The number of carbonyl (C=O) groups excluding carboxylic acids is 3. The largest absolute Gasteiger partial charge is 0.352 e. The molecule has 0 spiro atoms. The first-order chi connectivity index (χ1) is 12.8. The molecule has 0 aromatic rings. The molecule has 0 aromatic carbocycles. The van der Waals surface area contributed by atoms with Gasteiger partial charge in [-0.1, -0.05) is 34.6 Å². The molecule has 0 aliphatic heterocycles. The summed E-state index contributed by atoms with van der Waals surface area (Å²) in [6.07, 6.45) is 2.44. The number of carbonyl (C=O) groups is 3. The van der Waals surface area contributed by atoms with Crippen molar-refractivity contribution in [1.82, 2.24) is 16.0 Å². The molecular formula is C21H42N4O3. The van der Waals surface area contributed by atoms with Crippen LogP contribution in [0, 0.1) is 11.3 Å². The first-order valence-corrected chi connectivity index (χ1v) is 10.4. The molecule has 5 N–H and O–H groups in total. The summed E-state index contributed by atoms with van der Waals surface area (Å²) in [7, 11) is 0. The third-order valence-corrected chi connectivity index (χ3v) is 5.29. The molecule has 0 aliphatic rings. The van der Waals surface area contributed by atoms with Gasteiger partial charge in [-0.25, -0.2) is 4.79 Å². The van der Waals surface area contributed by atoms with E-state index in [2.05, 4.69) is 16.0 Å². The number of urea groups is 1. The lowest BCUT2D eigenvalue weighted by Crippen LogP contribution is -2.57. The first-order valence-electron chi connectivity index (χ1n) is 10.4. The Hall–Kier alpha value is -1.63. The predicted octanol–water partition coefficient (Wildman–Crippen LogP) is 2.73. The fraction of sp³-hybridized carbons (Fsp3) is 0.857. The van der Waals surface area contributed by atoms with Crippen LogP contribution in [0.3, 0.4) is 0 Å². The van der Waals surface area contributed by atoms with Gasteiger partial charge >= 0.3 is 6.03 Å². The molecule has 0 saturated heterocycles. The summed E-state index contributed by atoms with van der Waals surface area (Å²) in [4.78, 5) is 37.1. The summed E-state index contributed by atoms with van der Waals surface area (Å²) in [5.74, 6) is -0.0425. The van der Waals surface area contributed by atoms with Gasteiger partial charge in [0.25, 0.3) is 0 Å². The lowest BCUT2D eigenvalue weighted by molar-refractivity contribution is -0.135. The molecule has 0 heterocycles. The SMILES string of the molecule is CCC(C)(CC)C(=O)C(CCCNC(N)=O)NC(=O)C(NC(C)(C)C)C(C)C. The molecule has 0 bridgehead atoms. The van der Waals surface area contributed by atoms with Gasteiger partial charge in [0.1, 0.15) is 0 Å². The highest BCUT2D eigenvalue weighted by Gasteiger charge is 2.37. The van der Waals surface area contributed by atoms with Crippen molar-refractivity contribution in [3.05, 3.63) is 0 Å². The van der Waals surface area contributed by atoms with Crippen molar-refractivity contribution in [3.8, 4) is 0 Å². The van der Waals surface area contributed by atoms with Crippen LogP contribution in [-0.4, -0.2) is 41.9 Å². The van der Waals surface area contributed by atoms with Crippen LogP contribution in [0.15, 0.2) is 0 Å². The van der Waals surface area contributed by atoms with E-state index in [1.165, 1.54) is 0 Å². The van der Waals surface area contributed by atoms with Gasteiger partial charge in [-0.3, -0.25) is 9.59 Å². The lowest BCUT2D eigenvalue weighted by Gasteiger charge is -2.34. The maximum atomic E-state index is 13.2. The van der Waals surface area contributed by atoms with Crippen molar-refractivity contribution in [3.63, 3.8) is 0 Å². The first kappa shape index (κ1) is 26.4. The van der Waals surface area contributed by atoms with Gasteiger partial charge < -0.3 is 21.7 Å². The van der Waals surface area contributed by atoms with Crippen molar-refractivity contribution in [2.45, 2.75) is 98.7 Å². The Morgan fingerprint density at radius 2 is 1.54 bits per heavy atom. The topological polar surface area (TPSA) is 113 Å². The summed E-state index contributed by atoms with van der Waals surface area (Å²) in [5, 5.41) is 8.87. The molecule has 28 heavy (non-hydrogen) atoms. The van der Waals surface area contributed by atoms with Crippen LogP contribution in [0.5, 0.6) is 0 Å².